The van der Waals surface area contributed by atoms with Crippen molar-refractivity contribution in [1.82, 2.24) is 9.71 Å². The van der Waals surface area contributed by atoms with Crippen molar-refractivity contribution >= 4 is 43.2 Å². The van der Waals surface area contributed by atoms with Crippen LogP contribution in [0.1, 0.15) is 24.4 Å². The Labute approximate surface area is 169 Å². The zero-order chi connectivity index (χ0) is 20.5. The molecule has 148 valence electrons. The number of anilines is 1. The van der Waals surface area contributed by atoms with E-state index in [0.29, 0.717) is 5.13 Å². The molecule has 6 nitrogen and oxygen atoms in total. The number of carbonyl (C=O) groups excluding carboxylic acids is 1. The molecule has 28 heavy (non-hydrogen) atoms. The van der Waals surface area contributed by atoms with Gasteiger partial charge in [0.15, 0.2) is 5.13 Å². The number of sulfonamides is 1. The lowest BCUT2D eigenvalue weighted by molar-refractivity contribution is -0.118. The van der Waals surface area contributed by atoms with Crippen molar-refractivity contribution in [3.63, 3.8) is 0 Å². The maximum Gasteiger partial charge on any atom is 0.244 e. The van der Waals surface area contributed by atoms with Gasteiger partial charge in [0.2, 0.25) is 15.9 Å². The van der Waals surface area contributed by atoms with E-state index in [2.05, 4.69) is 15.0 Å². The quantitative estimate of drug-likeness (QED) is 0.638. The summed E-state index contributed by atoms with van der Waals surface area (Å²) < 4.78 is 28.4. The van der Waals surface area contributed by atoms with E-state index < -0.39 is 22.0 Å². The summed E-state index contributed by atoms with van der Waals surface area (Å²) in [6.45, 7) is 7.38. The van der Waals surface area contributed by atoms with Crippen LogP contribution >= 0.6 is 11.3 Å². The molecule has 1 amide bonds. The molecular weight excluding hydrogens is 394 g/mol. The minimum atomic E-state index is -3.86. The Balaban J connectivity index is 1.84. The van der Waals surface area contributed by atoms with Gasteiger partial charge in [-0.15, -0.1) is 11.3 Å². The zero-order valence-corrected chi connectivity index (χ0v) is 17.8. The molecule has 0 spiro atoms. The Hall–Kier alpha value is -2.29. The highest BCUT2D eigenvalue weighted by Crippen LogP contribution is 2.23. The Morgan fingerprint density at radius 2 is 1.75 bits per heavy atom. The monoisotopic (exact) mass is 417 g/mol. The highest BCUT2D eigenvalue weighted by atomic mass is 32.2. The second-order valence-corrected chi connectivity index (χ2v) is 9.92. The van der Waals surface area contributed by atoms with Crippen LogP contribution in [0.15, 0.2) is 47.4 Å². The van der Waals surface area contributed by atoms with E-state index in [-0.39, 0.29) is 10.8 Å². The summed E-state index contributed by atoms with van der Waals surface area (Å²) in [5.41, 5.74) is 0.846. The SMILES string of the molecule is Cc1nc(NC(=O)C(NS(=O)(=O)c2ccc3ccccc3c2)C(C)C)sc1C. The molecule has 2 N–H and O–H groups in total. The van der Waals surface area contributed by atoms with Gasteiger partial charge in [-0.05, 0) is 42.7 Å². The number of nitrogens with zero attached hydrogens (tertiary/aromatic N) is 1. The number of rotatable bonds is 6. The normalized spacial score (nSPS) is 13.0. The van der Waals surface area contributed by atoms with E-state index in [1.165, 1.54) is 11.3 Å². The van der Waals surface area contributed by atoms with Crippen molar-refractivity contribution in [3.05, 3.63) is 53.0 Å². The van der Waals surface area contributed by atoms with Crippen molar-refractivity contribution < 1.29 is 13.2 Å². The second kappa shape index (κ2) is 7.98. The third-order valence-corrected chi connectivity index (χ3v) is 6.95. The van der Waals surface area contributed by atoms with Crippen molar-refractivity contribution in [3.8, 4) is 0 Å². The number of hydrogen-bond acceptors (Lipinski definition) is 5. The van der Waals surface area contributed by atoms with Crippen molar-refractivity contribution in [2.24, 2.45) is 5.92 Å². The molecule has 0 bridgehead atoms. The molecule has 1 aromatic heterocycles. The summed E-state index contributed by atoms with van der Waals surface area (Å²) in [6.07, 6.45) is 0. The average molecular weight is 418 g/mol. The first-order valence-electron chi connectivity index (χ1n) is 8.93. The Kier molecular flexibility index (Phi) is 5.83. The molecule has 8 heteroatoms. The van der Waals surface area contributed by atoms with Crippen LogP contribution < -0.4 is 10.0 Å². The largest absolute Gasteiger partial charge is 0.301 e. The molecule has 1 heterocycles. The van der Waals surface area contributed by atoms with Crippen molar-refractivity contribution in [1.29, 1.82) is 0 Å². The summed E-state index contributed by atoms with van der Waals surface area (Å²) in [4.78, 5) is 18.2. The lowest BCUT2D eigenvalue weighted by Gasteiger charge is -2.21. The number of benzene rings is 2. The van der Waals surface area contributed by atoms with Gasteiger partial charge in [0.05, 0.1) is 10.6 Å². The maximum atomic E-state index is 12.9. The average Bonchev–Trinajstić information content (AvgIpc) is 2.96. The minimum Gasteiger partial charge on any atom is -0.301 e. The van der Waals surface area contributed by atoms with Gasteiger partial charge in [0.25, 0.3) is 0 Å². The molecule has 3 rings (SSSR count). The molecule has 0 aliphatic carbocycles. The van der Waals surface area contributed by atoms with Crippen LogP contribution in [0.4, 0.5) is 5.13 Å². The fourth-order valence-corrected chi connectivity index (χ4v) is 4.97. The Bertz CT molecular complexity index is 1100. The smallest absolute Gasteiger partial charge is 0.244 e. The van der Waals surface area contributed by atoms with Gasteiger partial charge < -0.3 is 5.32 Å². The summed E-state index contributed by atoms with van der Waals surface area (Å²) >= 11 is 1.37. The van der Waals surface area contributed by atoms with E-state index in [1.54, 1.807) is 32.0 Å². The van der Waals surface area contributed by atoms with E-state index in [1.807, 2.05) is 38.1 Å². The van der Waals surface area contributed by atoms with Crippen LogP contribution in [0.3, 0.4) is 0 Å². The van der Waals surface area contributed by atoms with Gasteiger partial charge in [0.1, 0.15) is 6.04 Å². The third-order valence-electron chi connectivity index (χ3n) is 4.52. The number of amides is 1. The lowest BCUT2D eigenvalue weighted by Crippen LogP contribution is -2.47. The van der Waals surface area contributed by atoms with E-state index in [4.69, 9.17) is 0 Å². The van der Waals surface area contributed by atoms with E-state index >= 15 is 0 Å². The molecule has 1 unspecified atom stereocenters. The number of fused-ring (bicyclic) bond motifs is 1. The first kappa shape index (κ1) is 20.4. The maximum absolute atomic E-state index is 12.9. The van der Waals surface area contributed by atoms with Gasteiger partial charge in [-0.1, -0.05) is 44.2 Å². The predicted octanol–water partition coefficient (Wildman–Crippen LogP) is 3.85. The van der Waals surface area contributed by atoms with Crippen LogP contribution in [0.25, 0.3) is 10.8 Å². The summed E-state index contributed by atoms with van der Waals surface area (Å²) in [5.74, 6) is -0.662. The first-order valence-corrected chi connectivity index (χ1v) is 11.2. The molecule has 1 atom stereocenters. The number of aryl methyl sites for hydroxylation is 2. The fourth-order valence-electron chi connectivity index (χ4n) is 2.77. The van der Waals surface area contributed by atoms with E-state index in [0.717, 1.165) is 21.3 Å². The van der Waals surface area contributed by atoms with Crippen LogP contribution in [-0.4, -0.2) is 25.4 Å². The van der Waals surface area contributed by atoms with Crippen LogP contribution in [0.5, 0.6) is 0 Å². The van der Waals surface area contributed by atoms with Crippen molar-refractivity contribution in [2.75, 3.05) is 5.32 Å². The minimum absolute atomic E-state index is 0.130. The Morgan fingerprint density at radius 3 is 2.36 bits per heavy atom. The van der Waals surface area contributed by atoms with Gasteiger partial charge >= 0.3 is 0 Å². The van der Waals surface area contributed by atoms with Crippen molar-refractivity contribution in [2.45, 2.75) is 38.6 Å². The van der Waals surface area contributed by atoms with E-state index in [9.17, 15) is 13.2 Å². The number of nitrogens with one attached hydrogen (secondary N) is 2. The zero-order valence-electron chi connectivity index (χ0n) is 16.2. The number of thiazole rings is 1. The van der Waals surface area contributed by atoms with Gasteiger partial charge in [-0.25, -0.2) is 13.4 Å². The molecule has 0 saturated carbocycles. The Morgan fingerprint density at radius 1 is 1.07 bits per heavy atom. The molecule has 0 radical (unpaired) electrons. The highest BCUT2D eigenvalue weighted by molar-refractivity contribution is 7.89. The second-order valence-electron chi connectivity index (χ2n) is 7.00. The topological polar surface area (TPSA) is 88.2 Å². The molecule has 0 saturated heterocycles. The highest BCUT2D eigenvalue weighted by Gasteiger charge is 2.29. The molecule has 3 aromatic rings. The van der Waals surface area contributed by atoms with Crippen LogP contribution in [0, 0.1) is 19.8 Å². The number of hydrogen-bond donors (Lipinski definition) is 2. The number of aromatic nitrogens is 1. The standard InChI is InChI=1S/C20H23N3O3S2/c1-12(2)18(19(24)22-20-21-13(3)14(4)27-20)23-28(25,26)17-10-9-15-7-5-6-8-16(15)11-17/h5-12,18,23H,1-4H3,(H,21,22,24). The molecular formula is C20H23N3O3S2. The summed E-state index contributed by atoms with van der Waals surface area (Å²) in [7, 11) is -3.86. The predicted molar refractivity (Wildman–Crippen MR) is 113 cm³/mol. The lowest BCUT2D eigenvalue weighted by atomic mass is 10.1. The number of carbonyl (C=O) groups is 1. The summed E-state index contributed by atoms with van der Waals surface area (Å²) in [5, 5.41) is 4.97. The summed E-state index contributed by atoms with van der Waals surface area (Å²) in [6, 6.07) is 11.5. The molecule has 0 fully saturated rings. The third kappa shape index (κ3) is 4.40. The molecule has 0 aliphatic heterocycles. The first-order chi connectivity index (χ1) is 13.2. The molecule has 2 aromatic carbocycles. The van der Waals surface area contributed by atoms with Crippen LogP contribution in [0.2, 0.25) is 0 Å². The van der Waals surface area contributed by atoms with Gasteiger partial charge in [-0.3, -0.25) is 4.79 Å². The van der Waals surface area contributed by atoms with Gasteiger partial charge in [-0.2, -0.15) is 4.72 Å². The van der Waals surface area contributed by atoms with Crippen LogP contribution in [-0.2, 0) is 14.8 Å². The fraction of sp³-hybridized carbons (Fsp3) is 0.300. The van der Waals surface area contributed by atoms with Gasteiger partial charge in [0, 0.05) is 4.88 Å². The molecule has 0 aliphatic rings.